The number of hydrogen-bond acceptors (Lipinski definition) is 3. The highest BCUT2D eigenvalue weighted by atomic mass is 16.6. The summed E-state index contributed by atoms with van der Waals surface area (Å²) in [6, 6.07) is 0. The van der Waals surface area contributed by atoms with Crippen molar-refractivity contribution in [3.63, 3.8) is 0 Å². The first-order chi connectivity index (χ1) is 4.75. The summed E-state index contributed by atoms with van der Waals surface area (Å²) in [7, 11) is 0. The van der Waals surface area contributed by atoms with E-state index >= 15 is 0 Å². The fourth-order valence-corrected chi connectivity index (χ4v) is 0.914. The van der Waals surface area contributed by atoms with Crippen molar-refractivity contribution in [2.75, 3.05) is 6.54 Å². The van der Waals surface area contributed by atoms with Crippen LogP contribution in [0.25, 0.3) is 0 Å². The molecule has 4 nitrogen and oxygen atoms in total. The van der Waals surface area contributed by atoms with Gasteiger partial charge in [-0.15, -0.1) is 0 Å². The van der Waals surface area contributed by atoms with Gasteiger partial charge < -0.3 is 0 Å². The first kappa shape index (κ1) is 6.92. The minimum atomic E-state index is -0.380. The van der Waals surface area contributed by atoms with E-state index in [4.69, 9.17) is 0 Å². The Morgan fingerprint density at radius 2 is 2.60 bits per heavy atom. The van der Waals surface area contributed by atoms with Gasteiger partial charge in [0.25, 0.3) is 5.70 Å². The molecule has 0 aromatic heterocycles. The van der Waals surface area contributed by atoms with Crippen LogP contribution in [0.3, 0.4) is 0 Å². The Labute approximate surface area is 58.4 Å². The maximum absolute atomic E-state index is 10.2. The van der Waals surface area contributed by atoms with Crippen molar-refractivity contribution >= 4 is 5.71 Å². The zero-order valence-corrected chi connectivity index (χ0v) is 5.70. The molecule has 10 heavy (non-hydrogen) atoms. The molecular formula is C6H8N2O2. The average molecular weight is 140 g/mol. The van der Waals surface area contributed by atoms with E-state index in [1.54, 1.807) is 6.08 Å². The van der Waals surface area contributed by atoms with Gasteiger partial charge in [0.05, 0.1) is 11.5 Å². The standard InChI is InChI=1S/C6H8N2O2/c1-2-5-6(8(9)10)3-4-7-5/h3H,2,4H2,1H3. The second kappa shape index (κ2) is 2.60. The summed E-state index contributed by atoms with van der Waals surface area (Å²) in [5.41, 5.74) is 0.799. The Kier molecular flexibility index (Phi) is 1.80. The Morgan fingerprint density at radius 3 is 3.00 bits per heavy atom. The lowest BCUT2D eigenvalue weighted by Gasteiger charge is -1.91. The summed E-state index contributed by atoms with van der Waals surface area (Å²) in [5, 5.41) is 10.2. The molecule has 0 saturated carbocycles. The number of rotatable bonds is 2. The monoisotopic (exact) mass is 140 g/mol. The van der Waals surface area contributed by atoms with Gasteiger partial charge in [-0.2, -0.15) is 0 Å². The Hall–Kier alpha value is -1.19. The van der Waals surface area contributed by atoms with Gasteiger partial charge in [-0.25, -0.2) is 0 Å². The number of hydrogen-bond donors (Lipinski definition) is 0. The van der Waals surface area contributed by atoms with Crippen LogP contribution in [0.2, 0.25) is 0 Å². The van der Waals surface area contributed by atoms with E-state index in [2.05, 4.69) is 4.99 Å². The molecule has 0 fully saturated rings. The van der Waals surface area contributed by atoms with E-state index in [1.165, 1.54) is 0 Å². The highest BCUT2D eigenvalue weighted by Crippen LogP contribution is 2.09. The van der Waals surface area contributed by atoms with Crippen LogP contribution in [-0.2, 0) is 0 Å². The molecule has 0 amide bonds. The molecule has 0 aromatic rings. The van der Waals surface area contributed by atoms with Gasteiger partial charge in [-0.05, 0) is 6.42 Å². The van der Waals surface area contributed by atoms with Gasteiger partial charge in [0, 0.05) is 6.08 Å². The summed E-state index contributed by atoms with van der Waals surface area (Å²) in [5.74, 6) is 0. The predicted molar refractivity (Wildman–Crippen MR) is 37.7 cm³/mol. The normalized spacial score (nSPS) is 16.5. The van der Waals surface area contributed by atoms with E-state index < -0.39 is 0 Å². The summed E-state index contributed by atoms with van der Waals surface area (Å²) in [6.45, 7) is 2.33. The SMILES string of the molecule is CCC1=NCC=C1[N+](=O)[O-]. The van der Waals surface area contributed by atoms with Gasteiger partial charge >= 0.3 is 0 Å². The highest BCUT2D eigenvalue weighted by molar-refractivity contribution is 5.99. The summed E-state index contributed by atoms with van der Waals surface area (Å²) in [6.07, 6.45) is 2.19. The van der Waals surface area contributed by atoms with Crippen molar-refractivity contribution in [1.29, 1.82) is 0 Å². The van der Waals surface area contributed by atoms with E-state index in [0.717, 1.165) is 0 Å². The Morgan fingerprint density at radius 1 is 1.90 bits per heavy atom. The fourth-order valence-electron chi connectivity index (χ4n) is 0.914. The fraction of sp³-hybridized carbons (Fsp3) is 0.500. The van der Waals surface area contributed by atoms with Crippen molar-refractivity contribution in [2.24, 2.45) is 4.99 Å². The first-order valence-electron chi connectivity index (χ1n) is 3.14. The molecule has 1 heterocycles. The number of nitro groups is 1. The molecule has 0 unspecified atom stereocenters. The van der Waals surface area contributed by atoms with Crippen molar-refractivity contribution in [2.45, 2.75) is 13.3 Å². The largest absolute Gasteiger partial charge is 0.288 e. The maximum Gasteiger partial charge on any atom is 0.288 e. The van der Waals surface area contributed by atoms with E-state index in [-0.39, 0.29) is 10.6 Å². The summed E-state index contributed by atoms with van der Waals surface area (Å²) in [4.78, 5) is 13.8. The van der Waals surface area contributed by atoms with Gasteiger partial charge in [-0.3, -0.25) is 15.1 Å². The Balaban J connectivity index is 2.79. The lowest BCUT2D eigenvalue weighted by Crippen LogP contribution is -2.06. The van der Waals surface area contributed by atoms with Crippen LogP contribution in [0.5, 0.6) is 0 Å². The molecule has 0 saturated heterocycles. The van der Waals surface area contributed by atoms with E-state index in [9.17, 15) is 10.1 Å². The quantitative estimate of drug-likeness (QED) is 0.424. The average Bonchev–Trinajstić information content (AvgIpc) is 2.33. The van der Waals surface area contributed by atoms with Crippen LogP contribution < -0.4 is 0 Å². The second-order valence-corrected chi connectivity index (χ2v) is 1.99. The molecule has 0 bridgehead atoms. The predicted octanol–water partition coefficient (Wildman–Crippen LogP) is 1.01. The van der Waals surface area contributed by atoms with Crippen LogP contribution in [-0.4, -0.2) is 17.2 Å². The number of allylic oxidation sites excluding steroid dienone is 1. The molecular weight excluding hydrogens is 132 g/mol. The molecule has 54 valence electrons. The molecule has 1 aliphatic heterocycles. The Bertz CT molecular complexity index is 218. The second-order valence-electron chi connectivity index (χ2n) is 1.99. The van der Waals surface area contributed by atoms with Gasteiger partial charge in [0.1, 0.15) is 5.71 Å². The van der Waals surface area contributed by atoms with Gasteiger partial charge in [0.2, 0.25) is 0 Å². The lowest BCUT2D eigenvalue weighted by atomic mass is 10.2. The first-order valence-corrected chi connectivity index (χ1v) is 3.14. The minimum absolute atomic E-state index is 0.183. The smallest absolute Gasteiger partial charge is 0.278 e. The van der Waals surface area contributed by atoms with Crippen LogP contribution >= 0.6 is 0 Å². The topological polar surface area (TPSA) is 55.5 Å². The molecule has 0 N–H and O–H groups in total. The molecule has 0 spiro atoms. The minimum Gasteiger partial charge on any atom is -0.278 e. The van der Waals surface area contributed by atoms with Crippen LogP contribution in [0, 0.1) is 10.1 Å². The highest BCUT2D eigenvalue weighted by Gasteiger charge is 2.20. The third kappa shape index (κ3) is 1.05. The van der Waals surface area contributed by atoms with Gasteiger partial charge in [0.15, 0.2) is 0 Å². The van der Waals surface area contributed by atoms with Crippen molar-refractivity contribution in [3.05, 3.63) is 21.9 Å². The summed E-state index contributed by atoms with van der Waals surface area (Å²) >= 11 is 0. The third-order valence-corrected chi connectivity index (χ3v) is 1.39. The zero-order valence-electron chi connectivity index (χ0n) is 5.70. The number of aliphatic imine (C=N–C) groups is 1. The van der Waals surface area contributed by atoms with E-state index in [1.807, 2.05) is 6.92 Å². The van der Waals surface area contributed by atoms with E-state index in [0.29, 0.717) is 18.7 Å². The molecule has 0 radical (unpaired) electrons. The van der Waals surface area contributed by atoms with Crippen molar-refractivity contribution in [3.8, 4) is 0 Å². The molecule has 0 aromatic carbocycles. The summed E-state index contributed by atoms with van der Waals surface area (Å²) < 4.78 is 0. The van der Waals surface area contributed by atoms with Crippen molar-refractivity contribution < 1.29 is 4.92 Å². The number of nitrogens with zero attached hydrogens (tertiary/aromatic N) is 2. The van der Waals surface area contributed by atoms with Crippen molar-refractivity contribution in [1.82, 2.24) is 0 Å². The van der Waals surface area contributed by atoms with Crippen LogP contribution in [0.1, 0.15) is 13.3 Å². The lowest BCUT2D eigenvalue weighted by molar-refractivity contribution is -0.415. The molecule has 1 aliphatic rings. The molecule has 4 heteroatoms. The molecule has 0 aliphatic carbocycles. The third-order valence-electron chi connectivity index (χ3n) is 1.39. The van der Waals surface area contributed by atoms with Crippen LogP contribution in [0.15, 0.2) is 16.8 Å². The van der Waals surface area contributed by atoms with Crippen LogP contribution in [0.4, 0.5) is 0 Å². The maximum atomic E-state index is 10.2. The molecule has 0 atom stereocenters. The zero-order chi connectivity index (χ0) is 7.56. The molecule has 1 rings (SSSR count). The van der Waals surface area contributed by atoms with Gasteiger partial charge in [-0.1, -0.05) is 6.92 Å².